The average Bonchev–Trinajstić information content (AvgIpc) is 2.34. The van der Waals surface area contributed by atoms with Crippen molar-refractivity contribution in [1.82, 2.24) is 5.32 Å². The number of hydrogen-bond donors (Lipinski definition) is 2. The fraction of sp³-hybridized carbons (Fsp3) is 0.357. The molecule has 1 amide bonds. The van der Waals surface area contributed by atoms with Gasteiger partial charge in [-0.1, -0.05) is 25.1 Å². The van der Waals surface area contributed by atoms with Crippen LogP contribution in [-0.4, -0.2) is 11.9 Å². The number of nitrogens with two attached hydrogens (primary N) is 1. The number of primary amides is 1. The fourth-order valence-electron chi connectivity index (χ4n) is 1.67. The van der Waals surface area contributed by atoms with Crippen LogP contribution in [0.15, 0.2) is 24.3 Å². The Balaban J connectivity index is 2.69. The van der Waals surface area contributed by atoms with Gasteiger partial charge in [-0.05, 0) is 18.1 Å². The first-order valence-electron chi connectivity index (χ1n) is 5.73. The molecule has 3 heteroatoms. The highest BCUT2D eigenvalue weighted by atomic mass is 16.1. The van der Waals surface area contributed by atoms with E-state index in [1.54, 1.807) is 6.07 Å². The number of hydrogen-bond acceptors (Lipinski definition) is 2. The minimum Gasteiger partial charge on any atom is -0.366 e. The van der Waals surface area contributed by atoms with Gasteiger partial charge in [0.15, 0.2) is 0 Å². The molecule has 3 N–H and O–H groups in total. The summed E-state index contributed by atoms with van der Waals surface area (Å²) in [5.41, 5.74) is 6.79. The molecular weight excluding hydrogens is 212 g/mol. The van der Waals surface area contributed by atoms with E-state index in [9.17, 15) is 4.79 Å². The Bertz CT molecular complexity index is 420. The van der Waals surface area contributed by atoms with Gasteiger partial charge in [-0.15, -0.1) is 12.3 Å². The Labute approximate surface area is 102 Å². The van der Waals surface area contributed by atoms with Crippen LogP contribution in [0.5, 0.6) is 0 Å². The summed E-state index contributed by atoms with van der Waals surface area (Å²) < 4.78 is 0. The van der Waals surface area contributed by atoms with Gasteiger partial charge in [-0.2, -0.15) is 0 Å². The molecule has 3 nitrogen and oxygen atoms in total. The molecule has 1 rings (SSSR count). The summed E-state index contributed by atoms with van der Waals surface area (Å²) in [7, 11) is 0. The first kappa shape index (κ1) is 13.3. The zero-order valence-electron chi connectivity index (χ0n) is 10.1. The van der Waals surface area contributed by atoms with E-state index in [2.05, 4.69) is 18.2 Å². The van der Waals surface area contributed by atoms with Gasteiger partial charge in [0, 0.05) is 24.6 Å². The first-order valence-corrected chi connectivity index (χ1v) is 5.73. The highest BCUT2D eigenvalue weighted by molar-refractivity contribution is 5.94. The molecule has 1 aromatic rings. The number of carbonyl (C=O) groups excluding carboxylic acids is 1. The van der Waals surface area contributed by atoms with Crippen molar-refractivity contribution in [3.63, 3.8) is 0 Å². The number of nitrogens with one attached hydrogen (secondary N) is 1. The van der Waals surface area contributed by atoms with E-state index in [4.69, 9.17) is 12.2 Å². The molecule has 0 bridgehead atoms. The highest BCUT2D eigenvalue weighted by Crippen LogP contribution is 2.08. The molecule has 0 aliphatic rings. The first-order chi connectivity index (χ1) is 8.19. The van der Waals surface area contributed by atoms with E-state index in [1.807, 2.05) is 18.2 Å². The summed E-state index contributed by atoms with van der Waals surface area (Å²) >= 11 is 0. The van der Waals surface area contributed by atoms with Gasteiger partial charge in [0.05, 0.1) is 0 Å². The second-order valence-corrected chi connectivity index (χ2v) is 3.92. The van der Waals surface area contributed by atoms with Crippen LogP contribution in [0.2, 0.25) is 0 Å². The Morgan fingerprint density at radius 2 is 2.24 bits per heavy atom. The molecule has 17 heavy (non-hydrogen) atoms. The maximum atomic E-state index is 11.2. The second-order valence-electron chi connectivity index (χ2n) is 3.92. The van der Waals surface area contributed by atoms with E-state index < -0.39 is 5.91 Å². The van der Waals surface area contributed by atoms with Crippen LogP contribution >= 0.6 is 0 Å². The summed E-state index contributed by atoms with van der Waals surface area (Å²) in [4.78, 5) is 11.2. The van der Waals surface area contributed by atoms with Gasteiger partial charge in [0.2, 0.25) is 5.91 Å². The maximum absolute atomic E-state index is 11.2. The van der Waals surface area contributed by atoms with Gasteiger partial charge >= 0.3 is 0 Å². The summed E-state index contributed by atoms with van der Waals surface area (Å²) in [5.74, 6) is 2.24. The van der Waals surface area contributed by atoms with E-state index in [-0.39, 0.29) is 6.04 Å². The van der Waals surface area contributed by atoms with Crippen LogP contribution in [-0.2, 0) is 6.54 Å². The normalized spacial score (nSPS) is 11.8. The molecule has 0 saturated carbocycles. The quantitative estimate of drug-likeness (QED) is 0.730. The van der Waals surface area contributed by atoms with E-state index in [0.717, 1.165) is 12.0 Å². The zero-order valence-corrected chi connectivity index (χ0v) is 10.1. The van der Waals surface area contributed by atoms with Crippen LogP contribution in [0, 0.1) is 12.3 Å². The lowest BCUT2D eigenvalue weighted by atomic mass is 10.1. The number of amides is 1. The van der Waals surface area contributed by atoms with Gasteiger partial charge in [-0.3, -0.25) is 4.79 Å². The molecule has 0 radical (unpaired) electrons. The van der Waals surface area contributed by atoms with Gasteiger partial charge in [-0.25, -0.2) is 0 Å². The maximum Gasteiger partial charge on any atom is 0.249 e. The summed E-state index contributed by atoms with van der Waals surface area (Å²) in [6.07, 6.45) is 6.94. The predicted molar refractivity (Wildman–Crippen MR) is 69.3 cm³/mol. The molecule has 0 aliphatic heterocycles. The Morgan fingerprint density at radius 1 is 1.53 bits per heavy atom. The topological polar surface area (TPSA) is 55.1 Å². The third-order valence-corrected chi connectivity index (χ3v) is 2.72. The molecule has 1 atom stereocenters. The lowest BCUT2D eigenvalue weighted by Gasteiger charge is -2.15. The summed E-state index contributed by atoms with van der Waals surface area (Å²) in [5, 5.41) is 3.33. The predicted octanol–water partition coefficient (Wildman–Crippen LogP) is 1.68. The van der Waals surface area contributed by atoms with Gasteiger partial charge < -0.3 is 11.1 Å². The van der Waals surface area contributed by atoms with Gasteiger partial charge in [0.1, 0.15) is 0 Å². The molecule has 0 saturated heterocycles. The van der Waals surface area contributed by atoms with Crippen LogP contribution < -0.4 is 11.1 Å². The summed E-state index contributed by atoms with van der Waals surface area (Å²) in [6.45, 7) is 2.69. The average molecular weight is 230 g/mol. The minimum absolute atomic E-state index is 0.279. The van der Waals surface area contributed by atoms with Crippen molar-refractivity contribution >= 4 is 5.91 Å². The molecule has 0 aliphatic carbocycles. The van der Waals surface area contributed by atoms with Crippen LogP contribution in [0.4, 0.5) is 0 Å². The van der Waals surface area contributed by atoms with E-state index >= 15 is 0 Å². The number of carbonyl (C=O) groups is 1. The number of benzene rings is 1. The van der Waals surface area contributed by atoms with Crippen molar-refractivity contribution < 1.29 is 4.79 Å². The van der Waals surface area contributed by atoms with E-state index in [1.165, 1.54) is 0 Å². The Hall–Kier alpha value is -1.79. The largest absolute Gasteiger partial charge is 0.366 e. The van der Waals surface area contributed by atoms with E-state index in [0.29, 0.717) is 18.5 Å². The SMILES string of the molecule is C#CCC(CC)NCc1ccccc1C(N)=O. The van der Waals surface area contributed by atoms with Crippen LogP contribution in [0.3, 0.4) is 0 Å². The third-order valence-electron chi connectivity index (χ3n) is 2.72. The van der Waals surface area contributed by atoms with Crippen molar-refractivity contribution in [3.05, 3.63) is 35.4 Å². The second kappa shape index (κ2) is 6.72. The lowest BCUT2D eigenvalue weighted by molar-refractivity contribution is 0.0999. The lowest BCUT2D eigenvalue weighted by Crippen LogP contribution is -2.28. The van der Waals surface area contributed by atoms with Crippen molar-refractivity contribution in [2.45, 2.75) is 32.4 Å². The number of terminal acetylenes is 1. The van der Waals surface area contributed by atoms with Crippen molar-refractivity contribution in [2.24, 2.45) is 5.73 Å². The molecule has 1 aromatic carbocycles. The van der Waals surface area contributed by atoms with Gasteiger partial charge in [0.25, 0.3) is 0 Å². The molecule has 0 heterocycles. The monoisotopic (exact) mass is 230 g/mol. The minimum atomic E-state index is -0.396. The molecule has 0 fully saturated rings. The van der Waals surface area contributed by atoms with Crippen molar-refractivity contribution in [1.29, 1.82) is 0 Å². The van der Waals surface area contributed by atoms with Crippen LogP contribution in [0.25, 0.3) is 0 Å². The molecule has 1 unspecified atom stereocenters. The Morgan fingerprint density at radius 3 is 2.82 bits per heavy atom. The third kappa shape index (κ3) is 3.93. The summed E-state index contributed by atoms with van der Waals surface area (Å²) in [6, 6.07) is 7.62. The molecule has 90 valence electrons. The fourth-order valence-corrected chi connectivity index (χ4v) is 1.67. The molecular formula is C14H18N2O. The zero-order chi connectivity index (χ0) is 12.7. The highest BCUT2D eigenvalue weighted by Gasteiger charge is 2.09. The Kier molecular flexibility index (Phi) is 5.25. The van der Waals surface area contributed by atoms with Crippen LogP contribution in [0.1, 0.15) is 35.7 Å². The van der Waals surface area contributed by atoms with Crippen molar-refractivity contribution in [2.75, 3.05) is 0 Å². The number of rotatable bonds is 6. The molecule has 0 aromatic heterocycles. The van der Waals surface area contributed by atoms with Crippen molar-refractivity contribution in [3.8, 4) is 12.3 Å². The molecule has 0 spiro atoms. The smallest absolute Gasteiger partial charge is 0.249 e. The standard InChI is InChI=1S/C14H18N2O/c1-3-7-12(4-2)16-10-11-8-5-6-9-13(11)14(15)17/h1,5-6,8-9,12,16H,4,7,10H2,2H3,(H2,15,17).